The molecule has 0 radical (unpaired) electrons. The van der Waals surface area contributed by atoms with Gasteiger partial charge in [-0.3, -0.25) is 9.59 Å². The number of methoxy groups -OCH3 is 1. The molecule has 0 atom stereocenters. The molecule has 0 N–H and O–H groups in total. The molecule has 0 bridgehead atoms. The molecule has 2 amide bonds. The molecule has 0 saturated carbocycles. The minimum absolute atomic E-state index is 0.0791. The van der Waals surface area contributed by atoms with Crippen LogP contribution in [-0.4, -0.2) is 54.9 Å². The molecule has 2 aromatic rings. The molecule has 1 heterocycles. The van der Waals surface area contributed by atoms with E-state index in [0.717, 1.165) is 16.9 Å². The van der Waals surface area contributed by atoms with Crippen molar-refractivity contribution in [3.05, 3.63) is 65.5 Å². The molecule has 6 heteroatoms. The van der Waals surface area contributed by atoms with Crippen LogP contribution >= 0.6 is 0 Å². The third kappa shape index (κ3) is 5.79. The number of ether oxygens (including phenoxy) is 1. The highest BCUT2D eigenvalue weighted by molar-refractivity contribution is 5.78. The van der Waals surface area contributed by atoms with Crippen LogP contribution in [0.3, 0.4) is 0 Å². The van der Waals surface area contributed by atoms with E-state index in [-0.39, 0.29) is 17.6 Å². The third-order valence-corrected chi connectivity index (χ3v) is 5.33. The fourth-order valence-corrected chi connectivity index (χ4v) is 3.57. The number of piperazine rings is 1. The Morgan fingerprint density at radius 3 is 2.00 bits per heavy atom. The number of carbonyl (C=O) groups is 2. The van der Waals surface area contributed by atoms with Crippen LogP contribution in [0.25, 0.3) is 0 Å². The van der Waals surface area contributed by atoms with Crippen LogP contribution in [0.5, 0.6) is 5.75 Å². The first kappa shape index (κ1) is 20.8. The number of carbonyl (C=O) groups excluding carboxylic acids is 2. The average molecular weight is 398 g/mol. The minimum atomic E-state index is -0.272. The van der Waals surface area contributed by atoms with Gasteiger partial charge in [0.05, 0.1) is 7.11 Å². The van der Waals surface area contributed by atoms with Gasteiger partial charge in [-0.05, 0) is 42.2 Å². The van der Waals surface area contributed by atoms with E-state index in [1.807, 2.05) is 34.1 Å². The van der Waals surface area contributed by atoms with E-state index in [1.165, 1.54) is 12.1 Å². The fourth-order valence-electron chi connectivity index (χ4n) is 3.57. The van der Waals surface area contributed by atoms with Crippen molar-refractivity contribution in [2.45, 2.75) is 25.7 Å². The maximum Gasteiger partial charge on any atom is 0.223 e. The Labute approximate surface area is 171 Å². The topological polar surface area (TPSA) is 49.9 Å². The van der Waals surface area contributed by atoms with Crippen molar-refractivity contribution < 1.29 is 18.7 Å². The smallest absolute Gasteiger partial charge is 0.223 e. The summed E-state index contributed by atoms with van der Waals surface area (Å²) in [7, 11) is 1.63. The Kier molecular flexibility index (Phi) is 7.22. The van der Waals surface area contributed by atoms with Crippen LogP contribution < -0.4 is 4.74 Å². The molecule has 29 heavy (non-hydrogen) atoms. The van der Waals surface area contributed by atoms with Crippen LogP contribution in [0.4, 0.5) is 4.39 Å². The first-order chi connectivity index (χ1) is 14.1. The van der Waals surface area contributed by atoms with E-state index in [4.69, 9.17) is 4.74 Å². The van der Waals surface area contributed by atoms with E-state index in [9.17, 15) is 14.0 Å². The number of hydrogen-bond acceptors (Lipinski definition) is 3. The highest BCUT2D eigenvalue weighted by Gasteiger charge is 2.23. The Morgan fingerprint density at radius 2 is 1.41 bits per heavy atom. The summed E-state index contributed by atoms with van der Waals surface area (Å²) >= 11 is 0. The summed E-state index contributed by atoms with van der Waals surface area (Å²) in [6.07, 6.45) is 2.06. The predicted octanol–water partition coefficient (Wildman–Crippen LogP) is 3.07. The molecule has 0 aromatic heterocycles. The molecule has 1 aliphatic rings. The van der Waals surface area contributed by atoms with Crippen LogP contribution in [-0.2, 0) is 22.4 Å². The predicted molar refractivity (Wildman–Crippen MR) is 109 cm³/mol. The molecule has 5 nitrogen and oxygen atoms in total. The van der Waals surface area contributed by atoms with Crippen LogP contribution in [0.2, 0.25) is 0 Å². The van der Waals surface area contributed by atoms with Crippen molar-refractivity contribution >= 4 is 11.8 Å². The van der Waals surface area contributed by atoms with Crippen LogP contribution in [0.1, 0.15) is 24.0 Å². The van der Waals surface area contributed by atoms with Gasteiger partial charge < -0.3 is 14.5 Å². The lowest BCUT2D eigenvalue weighted by atomic mass is 10.1. The lowest BCUT2D eigenvalue weighted by molar-refractivity contribution is -0.139. The van der Waals surface area contributed by atoms with Crippen LogP contribution in [0.15, 0.2) is 48.5 Å². The molecule has 154 valence electrons. The van der Waals surface area contributed by atoms with Gasteiger partial charge in [-0.2, -0.15) is 0 Å². The standard InChI is InChI=1S/C23H27FN2O3/c1-29-21-5-3-2-4-19(21)9-13-23(28)26-16-14-25(15-17-26)22(27)12-8-18-6-10-20(24)11-7-18/h2-7,10-11H,8-9,12-17H2,1H3. The summed E-state index contributed by atoms with van der Waals surface area (Å²) in [5, 5.41) is 0. The summed E-state index contributed by atoms with van der Waals surface area (Å²) in [5.74, 6) is 0.716. The molecule has 0 spiro atoms. The molecule has 1 aliphatic heterocycles. The van der Waals surface area contributed by atoms with E-state index < -0.39 is 0 Å². The Hall–Kier alpha value is -2.89. The van der Waals surface area contributed by atoms with E-state index in [0.29, 0.717) is 51.9 Å². The molecule has 2 aromatic carbocycles. The van der Waals surface area contributed by atoms with Gasteiger partial charge in [0.25, 0.3) is 0 Å². The SMILES string of the molecule is COc1ccccc1CCC(=O)N1CCN(C(=O)CCc2ccc(F)cc2)CC1. The number of benzene rings is 2. The van der Waals surface area contributed by atoms with Crippen molar-refractivity contribution in [3.63, 3.8) is 0 Å². The van der Waals surface area contributed by atoms with Crippen molar-refractivity contribution in [1.29, 1.82) is 0 Å². The lowest BCUT2D eigenvalue weighted by Gasteiger charge is -2.35. The molecular formula is C23H27FN2O3. The first-order valence-electron chi connectivity index (χ1n) is 9.98. The fraction of sp³-hybridized carbons (Fsp3) is 0.391. The van der Waals surface area contributed by atoms with Crippen molar-refractivity contribution in [2.75, 3.05) is 33.3 Å². The number of aryl methyl sites for hydroxylation is 2. The van der Waals surface area contributed by atoms with Gasteiger partial charge >= 0.3 is 0 Å². The average Bonchev–Trinajstić information content (AvgIpc) is 2.77. The number of para-hydroxylation sites is 1. The maximum absolute atomic E-state index is 13.0. The molecule has 1 fully saturated rings. The second kappa shape index (κ2) is 10.0. The van der Waals surface area contributed by atoms with Crippen molar-refractivity contribution in [2.24, 2.45) is 0 Å². The van der Waals surface area contributed by atoms with Gasteiger partial charge in [0, 0.05) is 39.0 Å². The number of amides is 2. The number of hydrogen-bond donors (Lipinski definition) is 0. The van der Waals surface area contributed by atoms with E-state index in [2.05, 4.69) is 0 Å². The second-order valence-corrected chi connectivity index (χ2v) is 7.20. The zero-order valence-electron chi connectivity index (χ0n) is 16.8. The van der Waals surface area contributed by atoms with Gasteiger partial charge in [-0.15, -0.1) is 0 Å². The molecule has 1 saturated heterocycles. The zero-order chi connectivity index (χ0) is 20.6. The van der Waals surface area contributed by atoms with Gasteiger partial charge in [0.15, 0.2) is 0 Å². The van der Waals surface area contributed by atoms with Crippen molar-refractivity contribution in [3.8, 4) is 5.75 Å². The molecule has 0 aliphatic carbocycles. The van der Waals surface area contributed by atoms with Gasteiger partial charge in [-0.25, -0.2) is 4.39 Å². The molecular weight excluding hydrogens is 371 g/mol. The summed E-state index contributed by atoms with van der Waals surface area (Å²) in [4.78, 5) is 28.6. The number of rotatable bonds is 7. The monoisotopic (exact) mass is 398 g/mol. The normalized spacial score (nSPS) is 14.0. The minimum Gasteiger partial charge on any atom is -0.496 e. The Balaban J connectivity index is 1.41. The summed E-state index contributed by atoms with van der Waals surface area (Å²) < 4.78 is 18.3. The lowest BCUT2D eigenvalue weighted by Crippen LogP contribution is -2.50. The second-order valence-electron chi connectivity index (χ2n) is 7.20. The highest BCUT2D eigenvalue weighted by atomic mass is 19.1. The van der Waals surface area contributed by atoms with Crippen LogP contribution in [0, 0.1) is 5.82 Å². The third-order valence-electron chi connectivity index (χ3n) is 5.33. The highest BCUT2D eigenvalue weighted by Crippen LogP contribution is 2.19. The zero-order valence-corrected chi connectivity index (χ0v) is 16.8. The van der Waals surface area contributed by atoms with E-state index >= 15 is 0 Å². The van der Waals surface area contributed by atoms with Gasteiger partial charge in [-0.1, -0.05) is 30.3 Å². The summed E-state index contributed by atoms with van der Waals surface area (Å²) in [6.45, 7) is 2.24. The van der Waals surface area contributed by atoms with E-state index in [1.54, 1.807) is 19.2 Å². The van der Waals surface area contributed by atoms with Crippen molar-refractivity contribution in [1.82, 2.24) is 9.80 Å². The van der Waals surface area contributed by atoms with Gasteiger partial charge in [0.1, 0.15) is 11.6 Å². The number of nitrogens with zero attached hydrogens (tertiary/aromatic N) is 2. The first-order valence-corrected chi connectivity index (χ1v) is 9.98. The number of halogens is 1. The largest absolute Gasteiger partial charge is 0.496 e. The van der Waals surface area contributed by atoms with Gasteiger partial charge in [0.2, 0.25) is 11.8 Å². The Morgan fingerprint density at radius 1 is 0.862 bits per heavy atom. The molecule has 0 unspecified atom stereocenters. The maximum atomic E-state index is 13.0. The summed E-state index contributed by atoms with van der Waals surface area (Å²) in [6, 6.07) is 14.0. The Bertz CT molecular complexity index is 830. The quantitative estimate of drug-likeness (QED) is 0.720. The summed E-state index contributed by atoms with van der Waals surface area (Å²) in [5.41, 5.74) is 1.97. The molecule has 3 rings (SSSR count).